The third kappa shape index (κ3) is 3.89. The van der Waals surface area contributed by atoms with Crippen LogP contribution in [0.15, 0.2) is 48.5 Å². The van der Waals surface area contributed by atoms with Crippen LogP contribution in [0.4, 0.5) is 0 Å². The Kier molecular flexibility index (Phi) is 5.15. The third-order valence-corrected chi connectivity index (χ3v) is 4.28. The molecule has 0 radical (unpaired) electrons. The predicted octanol–water partition coefficient (Wildman–Crippen LogP) is 6.30. The number of benzene rings is 2. The standard InChI is InChI=1S/C16H15Cl3/c1-11-6-8-12(9-7-11)15(18)10-16(19)13-4-2-3-5-14(13)17/h2-9,15-16H,10H2,1H3. The lowest BCUT2D eigenvalue weighted by Gasteiger charge is -2.16. The fourth-order valence-corrected chi connectivity index (χ4v) is 3.06. The quantitative estimate of drug-likeness (QED) is 0.581. The SMILES string of the molecule is Cc1ccc(C(Cl)CC(Cl)c2ccccc2Cl)cc1. The van der Waals surface area contributed by atoms with Gasteiger partial charge in [-0.25, -0.2) is 0 Å². The summed E-state index contributed by atoms with van der Waals surface area (Å²) < 4.78 is 0. The topological polar surface area (TPSA) is 0 Å². The van der Waals surface area contributed by atoms with E-state index in [9.17, 15) is 0 Å². The van der Waals surface area contributed by atoms with Crippen LogP contribution in [0.3, 0.4) is 0 Å². The number of aryl methyl sites for hydroxylation is 1. The van der Waals surface area contributed by atoms with Crippen LogP contribution in [0.5, 0.6) is 0 Å². The van der Waals surface area contributed by atoms with Crippen LogP contribution < -0.4 is 0 Å². The van der Waals surface area contributed by atoms with Crippen LogP contribution >= 0.6 is 34.8 Å². The van der Waals surface area contributed by atoms with Gasteiger partial charge in [0.2, 0.25) is 0 Å². The highest BCUT2D eigenvalue weighted by Crippen LogP contribution is 2.37. The van der Waals surface area contributed by atoms with Crippen molar-refractivity contribution in [2.75, 3.05) is 0 Å². The van der Waals surface area contributed by atoms with Crippen LogP contribution in [-0.2, 0) is 0 Å². The van der Waals surface area contributed by atoms with Crippen molar-refractivity contribution in [1.29, 1.82) is 0 Å². The van der Waals surface area contributed by atoms with Gasteiger partial charge in [-0.3, -0.25) is 0 Å². The minimum Gasteiger partial charge on any atom is -0.118 e. The van der Waals surface area contributed by atoms with E-state index in [-0.39, 0.29) is 10.8 Å². The molecule has 0 nitrogen and oxygen atoms in total. The summed E-state index contributed by atoms with van der Waals surface area (Å²) in [5.41, 5.74) is 3.25. The molecule has 2 aromatic carbocycles. The summed E-state index contributed by atoms with van der Waals surface area (Å²) in [6.45, 7) is 2.06. The van der Waals surface area contributed by atoms with Crippen LogP contribution in [0.1, 0.15) is 33.9 Å². The van der Waals surface area contributed by atoms with Gasteiger partial charge in [-0.05, 0) is 30.5 Å². The summed E-state index contributed by atoms with van der Waals surface area (Å²) in [4.78, 5) is 0. The van der Waals surface area contributed by atoms with Gasteiger partial charge in [-0.15, -0.1) is 23.2 Å². The molecule has 100 valence electrons. The number of hydrogen-bond donors (Lipinski definition) is 0. The maximum absolute atomic E-state index is 6.43. The molecule has 0 heterocycles. The molecule has 0 fully saturated rings. The Labute approximate surface area is 129 Å². The normalized spacial score (nSPS) is 14.1. The first-order valence-corrected chi connectivity index (χ1v) is 7.42. The molecule has 0 aromatic heterocycles. The maximum Gasteiger partial charge on any atom is 0.0617 e. The van der Waals surface area contributed by atoms with Crippen molar-refractivity contribution in [2.45, 2.75) is 24.1 Å². The van der Waals surface area contributed by atoms with E-state index < -0.39 is 0 Å². The van der Waals surface area contributed by atoms with Crippen LogP contribution in [0.2, 0.25) is 5.02 Å². The van der Waals surface area contributed by atoms with Crippen LogP contribution in [-0.4, -0.2) is 0 Å². The molecule has 0 bridgehead atoms. The van der Waals surface area contributed by atoms with Gasteiger partial charge in [0.1, 0.15) is 0 Å². The third-order valence-electron chi connectivity index (χ3n) is 3.10. The predicted molar refractivity (Wildman–Crippen MR) is 84.4 cm³/mol. The van der Waals surface area contributed by atoms with Gasteiger partial charge >= 0.3 is 0 Å². The molecule has 0 aliphatic heterocycles. The summed E-state index contributed by atoms with van der Waals surface area (Å²) >= 11 is 19.0. The Morgan fingerprint density at radius 1 is 0.895 bits per heavy atom. The van der Waals surface area contributed by atoms with Gasteiger partial charge < -0.3 is 0 Å². The van der Waals surface area contributed by atoms with Gasteiger partial charge in [-0.1, -0.05) is 59.6 Å². The van der Waals surface area contributed by atoms with Crippen molar-refractivity contribution >= 4 is 34.8 Å². The Morgan fingerprint density at radius 2 is 1.53 bits per heavy atom. The Hall–Kier alpha value is -0.690. The van der Waals surface area contributed by atoms with E-state index >= 15 is 0 Å². The number of rotatable bonds is 4. The lowest BCUT2D eigenvalue weighted by molar-refractivity contribution is 0.769. The highest BCUT2D eigenvalue weighted by Gasteiger charge is 2.17. The number of alkyl halides is 2. The molecule has 0 aliphatic rings. The first kappa shape index (κ1) is 14.7. The lowest BCUT2D eigenvalue weighted by Crippen LogP contribution is -1.98. The smallest absolute Gasteiger partial charge is 0.0617 e. The zero-order valence-electron chi connectivity index (χ0n) is 10.6. The van der Waals surface area contributed by atoms with Crippen molar-refractivity contribution < 1.29 is 0 Å². The van der Waals surface area contributed by atoms with E-state index in [0.717, 1.165) is 11.1 Å². The van der Waals surface area contributed by atoms with Crippen molar-refractivity contribution in [2.24, 2.45) is 0 Å². The zero-order chi connectivity index (χ0) is 13.8. The van der Waals surface area contributed by atoms with Crippen molar-refractivity contribution in [1.82, 2.24) is 0 Å². The molecule has 0 saturated heterocycles. The second-order valence-electron chi connectivity index (χ2n) is 4.60. The van der Waals surface area contributed by atoms with Gasteiger partial charge in [0, 0.05) is 5.02 Å². The average molecular weight is 314 g/mol. The first-order chi connectivity index (χ1) is 9.08. The Balaban J connectivity index is 2.08. The summed E-state index contributed by atoms with van der Waals surface area (Å²) in [7, 11) is 0. The van der Waals surface area contributed by atoms with Crippen LogP contribution in [0, 0.1) is 6.92 Å². The minimum absolute atomic E-state index is 0.112. The molecule has 3 heteroatoms. The molecule has 19 heavy (non-hydrogen) atoms. The van der Waals surface area contributed by atoms with E-state index in [0.29, 0.717) is 11.4 Å². The van der Waals surface area contributed by atoms with E-state index in [4.69, 9.17) is 34.8 Å². The molecule has 0 N–H and O–H groups in total. The summed E-state index contributed by atoms with van der Waals surface area (Å²) in [6, 6.07) is 15.8. The first-order valence-electron chi connectivity index (χ1n) is 6.17. The molecule has 2 atom stereocenters. The molecule has 0 spiro atoms. The minimum atomic E-state index is -0.183. The van der Waals surface area contributed by atoms with Crippen molar-refractivity contribution in [3.63, 3.8) is 0 Å². The molecule has 2 aromatic rings. The Bertz CT molecular complexity index is 534. The second-order valence-corrected chi connectivity index (χ2v) is 6.06. The number of halogens is 3. The average Bonchev–Trinajstić information content (AvgIpc) is 2.39. The Morgan fingerprint density at radius 3 is 2.16 bits per heavy atom. The highest BCUT2D eigenvalue weighted by atomic mass is 35.5. The fourth-order valence-electron chi connectivity index (χ4n) is 1.95. The molecule has 0 aliphatic carbocycles. The summed E-state index contributed by atoms with van der Waals surface area (Å²) in [5, 5.41) is 0.396. The number of hydrogen-bond acceptors (Lipinski definition) is 0. The van der Waals surface area contributed by atoms with E-state index in [2.05, 4.69) is 19.1 Å². The lowest BCUT2D eigenvalue weighted by atomic mass is 10.0. The van der Waals surface area contributed by atoms with Crippen molar-refractivity contribution in [3.8, 4) is 0 Å². The van der Waals surface area contributed by atoms with Gasteiger partial charge in [0.25, 0.3) is 0 Å². The summed E-state index contributed by atoms with van der Waals surface area (Å²) in [6.07, 6.45) is 0.649. The molecular weight excluding hydrogens is 299 g/mol. The summed E-state index contributed by atoms with van der Waals surface area (Å²) in [5.74, 6) is 0. The molecule has 2 unspecified atom stereocenters. The highest BCUT2D eigenvalue weighted by molar-refractivity contribution is 6.33. The van der Waals surface area contributed by atoms with Crippen molar-refractivity contribution in [3.05, 3.63) is 70.2 Å². The molecule has 0 amide bonds. The maximum atomic E-state index is 6.43. The second kappa shape index (κ2) is 6.65. The van der Waals surface area contributed by atoms with Gasteiger partial charge in [0.05, 0.1) is 10.8 Å². The monoisotopic (exact) mass is 312 g/mol. The van der Waals surface area contributed by atoms with E-state index in [1.54, 1.807) is 0 Å². The molecular formula is C16H15Cl3. The largest absolute Gasteiger partial charge is 0.118 e. The fraction of sp³-hybridized carbons (Fsp3) is 0.250. The zero-order valence-corrected chi connectivity index (χ0v) is 12.9. The van der Waals surface area contributed by atoms with Gasteiger partial charge in [-0.2, -0.15) is 0 Å². The molecule has 2 rings (SSSR count). The molecule has 0 saturated carbocycles. The van der Waals surface area contributed by atoms with Gasteiger partial charge in [0.15, 0.2) is 0 Å². The van der Waals surface area contributed by atoms with Crippen LogP contribution in [0.25, 0.3) is 0 Å². The van der Waals surface area contributed by atoms with E-state index in [1.165, 1.54) is 5.56 Å². The van der Waals surface area contributed by atoms with E-state index in [1.807, 2.05) is 36.4 Å².